The molecule has 0 atom stereocenters. The first-order valence-electron chi connectivity index (χ1n) is 5.79. The number of aliphatic hydroxyl groups excluding tert-OH is 1. The van der Waals surface area contributed by atoms with E-state index in [0.717, 1.165) is 18.4 Å². The number of para-hydroxylation sites is 1. The Kier molecular flexibility index (Phi) is 3.71. The van der Waals surface area contributed by atoms with Crippen molar-refractivity contribution < 1.29 is 10.0 Å². The quantitative estimate of drug-likeness (QED) is 0.601. The summed E-state index contributed by atoms with van der Waals surface area (Å²) in [6, 6.07) is 7.29. The minimum absolute atomic E-state index is 0.0944. The van der Waals surface area contributed by atoms with Crippen molar-refractivity contribution in [1.29, 1.82) is 0 Å². The molecular formula is C12H16N2O3. The van der Waals surface area contributed by atoms with Crippen molar-refractivity contribution in [2.45, 2.75) is 25.4 Å². The third-order valence-electron chi connectivity index (χ3n) is 3.01. The summed E-state index contributed by atoms with van der Waals surface area (Å²) >= 11 is 0. The van der Waals surface area contributed by atoms with Crippen LogP contribution >= 0.6 is 0 Å². The van der Waals surface area contributed by atoms with Gasteiger partial charge in [-0.3, -0.25) is 15.0 Å². The molecular weight excluding hydrogens is 220 g/mol. The maximum absolute atomic E-state index is 10.9. The molecule has 0 bridgehead atoms. The van der Waals surface area contributed by atoms with Gasteiger partial charge < -0.3 is 5.11 Å². The highest BCUT2D eigenvalue weighted by Crippen LogP contribution is 2.29. The Morgan fingerprint density at radius 2 is 2.12 bits per heavy atom. The number of nitro groups is 1. The lowest BCUT2D eigenvalue weighted by Crippen LogP contribution is -2.28. The first kappa shape index (κ1) is 12.0. The van der Waals surface area contributed by atoms with Gasteiger partial charge in [-0.1, -0.05) is 18.2 Å². The maximum Gasteiger partial charge on any atom is 0.273 e. The fourth-order valence-electron chi connectivity index (χ4n) is 2.00. The Labute approximate surface area is 99.8 Å². The standard InChI is InChI=1S/C12H16N2O3/c15-8-7-13(11-5-6-11)9-10-3-1-2-4-12(10)14(16)17/h1-4,11,15H,5-9H2. The minimum Gasteiger partial charge on any atom is -0.395 e. The smallest absolute Gasteiger partial charge is 0.273 e. The summed E-state index contributed by atoms with van der Waals surface area (Å²) in [5.41, 5.74) is 0.883. The van der Waals surface area contributed by atoms with E-state index in [2.05, 4.69) is 4.90 Å². The Morgan fingerprint density at radius 3 is 2.71 bits per heavy atom. The molecule has 1 aliphatic rings. The first-order valence-corrected chi connectivity index (χ1v) is 5.79. The molecule has 0 spiro atoms. The first-order chi connectivity index (χ1) is 8.22. The minimum atomic E-state index is -0.348. The number of nitrogens with zero attached hydrogens (tertiary/aromatic N) is 2. The van der Waals surface area contributed by atoms with Crippen molar-refractivity contribution in [3.63, 3.8) is 0 Å². The van der Waals surface area contributed by atoms with Crippen LogP contribution in [0.2, 0.25) is 0 Å². The van der Waals surface area contributed by atoms with Gasteiger partial charge in [0.1, 0.15) is 0 Å². The third kappa shape index (κ3) is 3.01. The van der Waals surface area contributed by atoms with Crippen LogP contribution in [-0.2, 0) is 6.54 Å². The van der Waals surface area contributed by atoms with E-state index in [1.165, 1.54) is 6.07 Å². The molecule has 2 rings (SSSR count). The summed E-state index contributed by atoms with van der Waals surface area (Å²) in [6.07, 6.45) is 2.25. The van der Waals surface area contributed by atoms with Crippen LogP contribution in [0.4, 0.5) is 5.69 Å². The highest BCUT2D eigenvalue weighted by molar-refractivity contribution is 5.39. The van der Waals surface area contributed by atoms with Crippen LogP contribution in [0.3, 0.4) is 0 Å². The van der Waals surface area contributed by atoms with Crippen molar-refractivity contribution in [2.75, 3.05) is 13.2 Å². The van der Waals surface area contributed by atoms with Crippen LogP contribution in [0.5, 0.6) is 0 Å². The molecule has 1 aliphatic carbocycles. The molecule has 0 aromatic heterocycles. The molecule has 92 valence electrons. The lowest BCUT2D eigenvalue weighted by Gasteiger charge is -2.20. The number of benzene rings is 1. The summed E-state index contributed by atoms with van der Waals surface area (Å²) in [7, 11) is 0. The zero-order valence-corrected chi connectivity index (χ0v) is 9.58. The topological polar surface area (TPSA) is 66.6 Å². The van der Waals surface area contributed by atoms with Crippen LogP contribution in [0.25, 0.3) is 0 Å². The number of hydrogen-bond donors (Lipinski definition) is 1. The van der Waals surface area contributed by atoms with Gasteiger partial charge in [0.05, 0.1) is 11.5 Å². The molecule has 0 radical (unpaired) electrons. The fourth-order valence-corrected chi connectivity index (χ4v) is 2.00. The number of rotatable bonds is 6. The van der Waals surface area contributed by atoms with Gasteiger partial charge in [-0.05, 0) is 12.8 Å². The molecule has 17 heavy (non-hydrogen) atoms. The van der Waals surface area contributed by atoms with E-state index in [-0.39, 0.29) is 17.2 Å². The second-order valence-electron chi connectivity index (χ2n) is 4.31. The van der Waals surface area contributed by atoms with Crippen molar-refractivity contribution >= 4 is 5.69 Å². The number of nitro benzene ring substituents is 1. The van der Waals surface area contributed by atoms with Gasteiger partial charge in [0, 0.05) is 30.8 Å². The monoisotopic (exact) mass is 236 g/mol. The van der Waals surface area contributed by atoms with Crippen molar-refractivity contribution in [3.05, 3.63) is 39.9 Å². The highest BCUT2D eigenvalue weighted by atomic mass is 16.6. The van der Waals surface area contributed by atoms with Crippen molar-refractivity contribution in [3.8, 4) is 0 Å². The van der Waals surface area contributed by atoms with E-state index < -0.39 is 0 Å². The molecule has 1 fully saturated rings. The average molecular weight is 236 g/mol. The van der Waals surface area contributed by atoms with Crippen LogP contribution in [0.15, 0.2) is 24.3 Å². The lowest BCUT2D eigenvalue weighted by atomic mass is 10.1. The van der Waals surface area contributed by atoms with E-state index in [0.29, 0.717) is 19.1 Å². The second kappa shape index (κ2) is 5.25. The third-order valence-corrected chi connectivity index (χ3v) is 3.01. The largest absolute Gasteiger partial charge is 0.395 e. The van der Waals surface area contributed by atoms with Gasteiger partial charge in [-0.2, -0.15) is 0 Å². The molecule has 0 unspecified atom stereocenters. The van der Waals surface area contributed by atoms with E-state index in [4.69, 9.17) is 5.11 Å². The maximum atomic E-state index is 10.9. The second-order valence-corrected chi connectivity index (χ2v) is 4.31. The van der Waals surface area contributed by atoms with Crippen LogP contribution in [-0.4, -0.2) is 34.1 Å². The Morgan fingerprint density at radius 1 is 1.41 bits per heavy atom. The molecule has 0 amide bonds. The summed E-state index contributed by atoms with van der Waals surface area (Å²) in [4.78, 5) is 12.6. The summed E-state index contributed by atoms with van der Waals surface area (Å²) in [5.74, 6) is 0. The molecule has 1 saturated carbocycles. The molecule has 5 heteroatoms. The normalized spacial score (nSPS) is 15.2. The van der Waals surface area contributed by atoms with Crippen LogP contribution in [0, 0.1) is 10.1 Å². The van der Waals surface area contributed by atoms with Crippen LogP contribution < -0.4 is 0 Å². The van der Waals surface area contributed by atoms with Crippen molar-refractivity contribution in [1.82, 2.24) is 4.90 Å². The summed E-state index contributed by atoms with van der Waals surface area (Å²) in [5, 5.41) is 19.9. The Hall–Kier alpha value is -1.46. The SMILES string of the molecule is O=[N+]([O-])c1ccccc1CN(CCO)C1CC1. The number of hydrogen-bond acceptors (Lipinski definition) is 4. The molecule has 0 aliphatic heterocycles. The van der Waals surface area contributed by atoms with E-state index in [1.807, 2.05) is 6.07 Å². The Bertz CT molecular complexity index is 404. The fraction of sp³-hybridized carbons (Fsp3) is 0.500. The Balaban J connectivity index is 2.13. The molecule has 0 heterocycles. The predicted octanol–water partition coefficient (Wildman–Crippen LogP) is 1.55. The van der Waals surface area contributed by atoms with E-state index in [1.54, 1.807) is 12.1 Å². The van der Waals surface area contributed by atoms with Gasteiger partial charge >= 0.3 is 0 Å². The molecule has 1 N–H and O–H groups in total. The van der Waals surface area contributed by atoms with Crippen molar-refractivity contribution in [2.24, 2.45) is 0 Å². The molecule has 1 aromatic rings. The lowest BCUT2D eigenvalue weighted by molar-refractivity contribution is -0.385. The molecule has 5 nitrogen and oxygen atoms in total. The highest BCUT2D eigenvalue weighted by Gasteiger charge is 2.29. The van der Waals surface area contributed by atoms with E-state index >= 15 is 0 Å². The average Bonchev–Trinajstić information content (AvgIpc) is 3.13. The predicted molar refractivity (Wildman–Crippen MR) is 63.6 cm³/mol. The molecule has 1 aromatic carbocycles. The van der Waals surface area contributed by atoms with Crippen LogP contribution in [0.1, 0.15) is 18.4 Å². The molecule has 0 saturated heterocycles. The van der Waals surface area contributed by atoms with Gasteiger partial charge in [-0.15, -0.1) is 0 Å². The van der Waals surface area contributed by atoms with E-state index in [9.17, 15) is 10.1 Å². The van der Waals surface area contributed by atoms with Gasteiger partial charge in [-0.25, -0.2) is 0 Å². The summed E-state index contributed by atoms with van der Waals surface area (Å²) < 4.78 is 0. The van der Waals surface area contributed by atoms with Gasteiger partial charge in [0.2, 0.25) is 0 Å². The van der Waals surface area contributed by atoms with Gasteiger partial charge in [0.25, 0.3) is 5.69 Å². The number of aliphatic hydroxyl groups is 1. The zero-order chi connectivity index (χ0) is 12.3. The zero-order valence-electron chi connectivity index (χ0n) is 9.58. The summed E-state index contributed by atoms with van der Waals surface area (Å²) in [6.45, 7) is 1.22. The van der Waals surface area contributed by atoms with Gasteiger partial charge in [0.15, 0.2) is 0 Å².